The van der Waals surface area contributed by atoms with Gasteiger partial charge in [0.05, 0.1) is 6.61 Å². The number of hydrogen-bond acceptors (Lipinski definition) is 3. The first-order valence-electron chi connectivity index (χ1n) is 5.37. The topological polar surface area (TPSA) is 72.6 Å². The number of primary amides is 1. The molecule has 1 aliphatic rings. The van der Waals surface area contributed by atoms with Gasteiger partial charge in [-0.25, -0.2) is 0 Å². The number of benzene rings is 1. The van der Waals surface area contributed by atoms with Gasteiger partial charge in [-0.2, -0.15) is 0 Å². The molecule has 2 amide bonds. The Labute approximate surface area is 99.2 Å². The van der Waals surface area contributed by atoms with Gasteiger partial charge in [0, 0.05) is 20.0 Å². The highest BCUT2D eigenvalue weighted by Gasteiger charge is 2.17. The molecule has 2 N–H and O–H groups in total. The van der Waals surface area contributed by atoms with Crippen LogP contribution in [0.2, 0.25) is 0 Å². The van der Waals surface area contributed by atoms with Crippen molar-refractivity contribution < 1.29 is 14.3 Å². The van der Waals surface area contributed by atoms with Gasteiger partial charge >= 0.3 is 11.8 Å². The maximum absolute atomic E-state index is 11.3. The van der Waals surface area contributed by atoms with Crippen LogP contribution in [0.4, 0.5) is 0 Å². The Balaban J connectivity index is 2.09. The molecule has 1 aromatic carbocycles. The molecule has 1 aliphatic heterocycles. The number of carbonyl (C=O) groups is 2. The van der Waals surface area contributed by atoms with E-state index in [1.807, 2.05) is 18.2 Å². The molecule has 0 bridgehead atoms. The van der Waals surface area contributed by atoms with Gasteiger partial charge < -0.3 is 15.4 Å². The summed E-state index contributed by atoms with van der Waals surface area (Å²) in [7, 11) is 1.55. The third kappa shape index (κ3) is 2.38. The van der Waals surface area contributed by atoms with Crippen LogP contribution in [0.1, 0.15) is 11.1 Å². The van der Waals surface area contributed by atoms with Gasteiger partial charge in [-0.05, 0) is 17.2 Å². The molecular weight excluding hydrogens is 220 g/mol. The Morgan fingerprint density at radius 2 is 2.24 bits per heavy atom. The van der Waals surface area contributed by atoms with Gasteiger partial charge in [-0.3, -0.25) is 9.59 Å². The SMILES string of the molecule is CN(Cc1ccc2c(c1)CCO2)C(=O)C(N)=O. The van der Waals surface area contributed by atoms with Crippen LogP contribution in [0, 0.1) is 0 Å². The largest absolute Gasteiger partial charge is 0.493 e. The summed E-state index contributed by atoms with van der Waals surface area (Å²) in [6.07, 6.45) is 0.886. The average molecular weight is 234 g/mol. The number of nitrogens with zero attached hydrogens (tertiary/aromatic N) is 1. The lowest BCUT2D eigenvalue weighted by Crippen LogP contribution is -2.37. The van der Waals surface area contributed by atoms with Crippen LogP contribution in [-0.4, -0.2) is 30.4 Å². The molecule has 5 heteroatoms. The lowest BCUT2D eigenvalue weighted by atomic mass is 10.1. The van der Waals surface area contributed by atoms with E-state index in [0.29, 0.717) is 13.2 Å². The zero-order chi connectivity index (χ0) is 12.4. The fraction of sp³-hybridized carbons (Fsp3) is 0.333. The number of fused-ring (bicyclic) bond motifs is 1. The number of nitrogens with two attached hydrogens (primary N) is 1. The second kappa shape index (κ2) is 4.45. The molecule has 90 valence electrons. The number of ether oxygens (including phenoxy) is 1. The zero-order valence-electron chi connectivity index (χ0n) is 9.60. The lowest BCUT2D eigenvalue weighted by Gasteiger charge is -2.15. The fourth-order valence-corrected chi connectivity index (χ4v) is 1.87. The second-order valence-electron chi connectivity index (χ2n) is 4.07. The Hall–Kier alpha value is -2.04. The van der Waals surface area contributed by atoms with E-state index in [9.17, 15) is 9.59 Å². The van der Waals surface area contributed by atoms with Crippen molar-refractivity contribution >= 4 is 11.8 Å². The number of carbonyl (C=O) groups excluding carboxylic acids is 2. The summed E-state index contributed by atoms with van der Waals surface area (Å²) in [4.78, 5) is 23.3. The molecule has 0 fully saturated rings. The van der Waals surface area contributed by atoms with E-state index in [4.69, 9.17) is 10.5 Å². The molecular formula is C12H14N2O3. The predicted octanol–water partition coefficient (Wildman–Crippen LogP) is 0.0652. The van der Waals surface area contributed by atoms with Crippen LogP contribution in [0.15, 0.2) is 18.2 Å². The zero-order valence-corrected chi connectivity index (χ0v) is 9.60. The minimum atomic E-state index is -0.933. The summed E-state index contributed by atoms with van der Waals surface area (Å²) in [5.74, 6) is -0.712. The van der Waals surface area contributed by atoms with Crippen LogP contribution in [0.25, 0.3) is 0 Å². The van der Waals surface area contributed by atoms with Crippen molar-refractivity contribution in [1.29, 1.82) is 0 Å². The van der Waals surface area contributed by atoms with Crippen molar-refractivity contribution in [2.24, 2.45) is 5.73 Å². The van der Waals surface area contributed by atoms with Gasteiger partial charge in [0.1, 0.15) is 5.75 Å². The van der Waals surface area contributed by atoms with Crippen molar-refractivity contribution in [1.82, 2.24) is 4.90 Å². The van der Waals surface area contributed by atoms with Crippen molar-refractivity contribution in [2.45, 2.75) is 13.0 Å². The molecule has 17 heavy (non-hydrogen) atoms. The van der Waals surface area contributed by atoms with Crippen molar-refractivity contribution in [2.75, 3.05) is 13.7 Å². The summed E-state index contributed by atoms with van der Waals surface area (Å²) >= 11 is 0. The smallest absolute Gasteiger partial charge is 0.311 e. The van der Waals surface area contributed by atoms with E-state index in [2.05, 4.69) is 0 Å². The molecule has 0 unspecified atom stereocenters. The number of hydrogen-bond donors (Lipinski definition) is 1. The minimum Gasteiger partial charge on any atom is -0.493 e. The molecule has 0 aromatic heterocycles. The molecule has 1 aromatic rings. The van der Waals surface area contributed by atoms with Crippen LogP contribution >= 0.6 is 0 Å². The van der Waals surface area contributed by atoms with E-state index in [0.717, 1.165) is 23.3 Å². The van der Waals surface area contributed by atoms with Gasteiger partial charge in [-0.15, -0.1) is 0 Å². The highest BCUT2D eigenvalue weighted by molar-refractivity contribution is 6.34. The summed E-state index contributed by atoms with van der Waals surface area (Å²) in [6.45, 7) is 1.07. The molecule has 0 saturated heterocycles. The summed E-state index contributed by atoms with van der Waals surface area (Å²) in [5, 5.41) is 0. The van der Waals surface area contributed by atoms with Gasteiger partial charge in [0.2, 0.25) is 0 Å². The maximum Gasteiger partial charge on any atom is 0.311 e. The van der Waals surface area contributed by atoms with Gasteiger partial charge in [0.25, 0.3) is 0 Å². The van der Waals surface area contributed by atoms with Crippen LogP contribution in [0.3, 0.4) is 0 Å². The Kier molecular flexibility index (Phi) is 2.99. The molecule has 0 aliphatic carbocycles. The third-order valence-electron chi connectivity index (χ3n) is 2.73. The lowest BCUT2D eigenvalue weighted by molar-refractivity contribution is -0.143. The molecule has 2 rings (SSSR count). The van der Waals surface area contributed by atoms with E-state index >= 15 is 0 Å². The van der Waals surface area contributed by atoms with Crippen molar-refractivity contribution in [3.8, 4) is 5.75 Å². The molecule has 0 atom stereocenters. The van der Waals surface area contributed by atoms with Crippen LogP contribution in [0.5, 0.6) is 5.75 Å². The van der Waals surface area contributed by atoms with E-state index in [1.54, 1.807) is 7.05 Å². The maximum atomic E-state index is 11.3. The fourth-order valence-electron chi connectivity index (χ4n) is 1.87. The number of amides is 2. The first kappa shape index (κ1) is 11.4. The summed E-state index contributed by atoms with van der Waals surface area (Å²) in [5.41, 5.74) is 7.04. The molecule has 5 nitrogen and oxygen atoms in total. The van der Waals surface area contributed by atoms with Gasteiger partial charge in [0.15, 0.2) is 0 Å². The Morgan fingerprint density at radius 1 is 1.47 bits per heavy atom. The quantitative estimate of drug-likeness (QED) is 0.736. The highest BCUT2D eigenvalue weighted by atomic mass is 16.5. The molecule has 0 radical (unpaired) electrons. The van der Waals surface area contributed by atoms with Crippen molar-refractivity contribution in [3.63, 3.8) is 0 Å². The normalized spacial score (nSPS) is 12.8. The first-order chi connectivity index (χ1) is 8.08. The standard InChI is InChI=1S/C12H14N2O3/c1-14(12(16)11(13)15)7-8-2-3-10-9(6-8)4-5-17-10/h2-3,6H,4-5,7H2,1H3,(H2,13,15). The monoisotopic (exact) mass is 234 g/mol. The third-order valence-corrected chi connectivity index (χ3v) is 2.73. The number of likely N-dealkylation sites (N-methyl/N-ethyl adjacent to an activating group) is 1. The second-order valence-corrected chi connectivity index (χ2v) is 4.07. The summed E-state index contributed by atoms with van der Waals surface area (Å²) in [6, 6.07) is 5.77. The van der Waals surface area contributed by atoms with Crippen molar-refractivity contribution in [3.05, 3.63) is 29.3 Å². The highest BCUT2D eigenvalue weighted by Crippen LogP contribution is 2.26. The Bertz CT molecular complexity index is 471. The van der Waals surface area contributed by atoms with Gasteiger partial charge in [-0.1, -0.05) is 12.1 Å². The summed E-state index contributed by atoms with van der Waals surface area (Å²) < 4.78 is 5.39. The molecule has 0 spiro atoms. The average Bonchev–Trinajstić information content (AvgIpc) is 2.74. The Morgan fingerprint density at radius 3 is 2.94 bits per heavy atom. The predicted molar refractivity (Wildman–Crippen MR) is 61.3 cm³/mol. The first-order valence-corrected chi connectivity index (χ1v) is 5.37. The number of rotatable bonds is 2. The molecule has 0 saturated carbocycles. The molecule has 1 heterocycles. The minimum absolute atomic E-state index is 0.370. The van der Waals surface area contributed by atoms with E-state index in [1.165, 1.54) is 4.90 Å². The van der Waals surface area contributed by atoms with Crippen LogP contribution in [-0.2, 0) is 22.6 Å². The van der Waals surface area contributed by atoms with E-state index < -0.39 is 11.8 Å². The van der Waals surface area contributed by atoms with Crippen LogP contribution < -0.4 is 10.5 Å². The van der Waals surface area contributed by atoms with E-state index in [-0.39, 0.29) is 0 Å².